The summed E-state index contributed by atoms with van der Waals surface area (Å²) >= 11 is 7.40. The third-order valence-electron chi connectivity index (χ3n) is 9.30. The maximum absolute atomic E-state index is 13.2. The van der Waals surface area contributed by atoms with Crippen LogP contribution in [0, 0.1) is 11.3 Å². The van der Waals surface area contributed by atoms with Crippen molar-refractivity contribution in [3.8, 4) is 11.7 Å². The zero-order chi connectivity index (χ0) is 37.7. The van der Waals surface area contributed by atoms with E-state index >= 15 is 0 Å². The zero-order valence-corrected chi connectivity index (χ0v) is 31.8. The second-order valence-electron chi connectivity index (χ2n) is 15.1. The largest absolute Gasteiger partial charge is 0.477 e. The molecule has 0 radical (unpaired) electrons. The number of carbonyl (C=O) groups excluding carboxylic acids is 2. The lowest BCUT2D eigenvalue weighted by Crippen LogP contribution is -2.45. The average Bonchev–Trinajstić information content (AvgIpc) is 3.60. The Morgan fingerprint density at radius 2 is 1.83 bits per heavy atom. The number of alkyl halides is 3. The number of unbranched alkanes of at least 4 members (excludes halogenated alkanes) is 2. The van der Waals surface area contributed by atoms with E-state index in [1.165, 1.54) is 16.8 Å². The zero-order valence-electron chi connectivity index (χ0n) is 30.2. The van der Waals surface area contributed by atoms with Gasteiger partial charge in [-0.2, -0.15) is 13.2 Å². The summed E-state index contributed by atoms with van der Waals surface area (Å²) in [5.41, 5.74) is -2.21. The van der Waals surface area contributed by atoms with E-state index < -0.39 is 23.1 Å². The highest BCUT2D eigenvalue weighted by Gasteiger charge is 2.62. The Hall–Kier alpha value is -3.72. The van der Waals surface area contributed by atoms with Gasteiger partial charge in [-0.15, -0.1) is 5.10 Å². The van der Waals surface area contributed by atoms with E-state index in [1.807, 2.05) is 37.8 Å². The molecule has 1 aliphatic heterocycles. The van der Waals surface area contributed by atoms with Crippen LogP contribution in [0.3, 0.4) is 0 Å². The minimum atomic E-state index is -4.23. The second kappa shape index (κ2) is 16.1. The highest BCUT2D eigenvalue weighted by Crippen LogP contribution is 2.59. The molecule has 1 aliphatic carbocycles. The van der Waals surface area contributed by atoms with Crippen molar-refractivity contribution in [2.45, 2.75) is 108 Å². The van der Waals surface area contributed by atoms with Gasteiger partial charge in [0, 0.05) is 42.8 Å². The van der Waals surface area contributed by atoms with Gasteiger partial charge in [-0.25, -0.2) is 19.4 Å². The fourth-order valence-electron chi connectivity index (χ4n) is 6.30. The lowest BCUT2D eigenvalue weighted by atomic mass is 9.93. The lowest BCUT2D eigenvalue weighted by molar-refractivity contribution is -0.190. The summed E-state index contributed by atoms with van der Waals surface area (Å²) < 4.78 is 54.6. The van der Waals surface area contributed by atoms with Gasteiger partial charge in [0.1, 0.15) is 21.6 Å². The van der Waals surface area contributed by atoms with Crippen LogP contribution in [0.15, 0.2) is 47.6 Å². The molecule has 2 fully saturated rings. The van der Waals surface area contributed by atoms with Crippen LogP contribution in [0.4, 0.5) is 23.8 Å². The first kappa shape index (κ1) is 39.5. The molecule has 52 heavy (non-hydrogen) atoms. The van der Waals surface area contributed by atoms with Crippen LogP contribution in [-0.2, 0) is 4.74 Å². The van der Waals surface area contributed by atoms with Gasteiger partial charge < -0.3 is 19.7 Å². The lowest BCUT2D eigenvalue weighted by Gasteiger charge is -2.33. The first-order valence-electron chi connectivity index (χ1n) is 17.6. The first-order valence-corrected chi connectivity index (χ1v) is 18.8. The van der Waals surface area contributed by atoms with Crippen LogP contribution in [0.1, 0.15) is 96.3 Å². The van der Waals surface area contributed by atoms with Gasteiger partial charge in [0.25, 0.3) is 5.91 Å². The van der Waals surface area contributed by atoms with Gasteiger partial charge in [0.05, 0.1) is 17.6 Å². The number of pyridine rings is 2. The van der Waals surface area contributed by atoms with Crippen molar-refractivity contribution in [3.63, 3.8) is 0 Å². The number of amides is 2. The molecule has 3 aromatic heterocycles. The smallest absolute Gasteiger partial charge is 0.410 e. The molecule has 0 spiro atoms. The predicted octanol–water partition coefficient (Wildman–Crippen LogP) is 8.87. The van der Waals surface area contributed by atoms with Crippen LogP contribution in [-0.4, -0.2) is 73.7 Å². The molecule has 3 aromatic rings. The van der Waals surface area contributed by atoms with Crippen molar-refractivity contribution in [1.82, 2.24) is 29.4 Å². The summed E-state index contributed by atoms with van der Waals surface area (Å²) in [6, 6.07) is 10.1. The standard InChI is InChI=1S/C36H47ClF3N7O4S/c1-33(2,3)51-32(49)46-23-24(22-34(46,4)5)10-7-6-8-19-41-26-11-9-12-29(42-26)52-45-31(48)25-13-14-27(43-30(25)37)47-20-15-28(44-47)50-21-18-35(16-17-35)36(38,39)40/h9,11-15,20,24H,6-8,10,16-19,21-23H2,1-5H3,(H,41,42)(H,45,48). The molecule has 16 heteroatoms. The molecule has 11 nitrogen and oxygen atoms in total. The van der Waals surface area contributed by atoms with Crippen LogP contribution in [0.25, 0.3) is 5.82 Å². The predicted molar refractivity (Wildman–Crippen MR) is 194 cm³/mol. The number of nitrogens with one attached hydrogen (secondary N) is 2. The maximum atomic E-state index is 13.2. The molecule has 2 amide bonds. The van der Waals surface area contributed by atoms with Crippen molar-refractivity contribution in [2.24, 2.45) is 11.3 Å². The van der Waals surface area contributed by atoms with Crippen LogP contribution >= 0.6 is 23.5 Å². The molecule has 1 atom stereocenters. The molecule has 1 saturated heterocycles. The number of carbonyl (C=O) groups is 2. The van der Waals surface area contributed by atoms with E-state index in [1.54, 1.807) is 18.3 Å². The summed E-state index contributed by atoms with van der Waals surface area (Å²) in [6.45, 7) is 11.3. The summed E-state index contributed by atoms with van der Waals surface area (Å²) in [5.74, 6) is 1.17. The number of anilines is 1. The Balaban J connectivity index is 1.01. The Morgan fingerprint density at radius 3 is 2.52 bits per heavy atom. The number of ether oxygens (including phenoxy) is 2. The number of nitrogens with zero attached hydrogens (tertiary/aromatic N) is 5. The first-order chi connectivity index (χ1) is 24.4. The fourth-order valence-corrected chi connectivity index (χ4v) is 7.14. The minimum Gasteiger partial charge on any atom is -0.477 e. The van der Waals surface area contributed by atoms with Crippen molar-refractivity contribution in [2.75, 3.05) is 25.0 Å². The highest BCUT2D eigenvalue weighted by molar-refractivity contribution is 7.97. The van der Waals surface area contributed by atoms with Gasteiger partial charge >= 0.3 is 12.3 Å². The fraction of sp³-hybridized carbons (Fsp3) is 0.583. The highest BCUT2D eigenvalue weighted by atomic mass is 35.5. The summed E-state index contributed by atoms with van der Waals surface area (Å²) in [7, 11) is 0. The van der Waals surface area contributed by atoms with Gasteiger partial charge in [-0.3, -0.25) is 9.52 Å². The Labute approximate surface area is 311 Å². The molecule has 284 valence electrons. The monoisotopic (exact) mass is 765 g/mol. The van der Waals surface area contributed by atoms with Gasteiger partial charge in [0.2, 0.25) is 5.88 Å². The second-order valence-corrected chi connectivity index (χ2v) is 16.3. The minimum absolute atomic E-state index is 0.0465. The van der Waals surface area contributed by atoms with E-state index in [4.69, 9.17) is 21.1 Å². The number of hydrogen-bond donors (Lipinski definition) is 2. The molecular weight excluding hydrogens is 719 g/mol. The molecule has 1 saturated carbocycles. The summed E-state index contributed by atoms with van der Waals surface area (Å²) in [6.07, 6.45) is 2.33. The topological polar surface area (TPSA) is 124 Å². The maximum Gasteiger partial charge on any atom is 0.410 e. The van der Waals surface area contributed by atoms with Gasteiger partial charge in [-0.1, -0.05) is 30.5 Å². The average molecular weight is 766 g/mol. The van der Waals surface area contributed by atoms with E-state index in [2.05, 4.69) is 39.0 Å². The molecule has 4 heterocycles. The van der Waals surface area contributed by atoms with Crippen LogP contribution in [0.5, 0.6) is 5.88 Å². The Kier molecular flexibility index (Phi) is 12.2. The van der Waals surface area contributed by atoms with Gasteiger partial charge in [0.15, 0.2) is 5.82 Å². The van der Waals surface area contributed by atoms with Crippen LogP contribution in [0.2, 0.25) is 5.15 Å². The quantitative estimate of drug-likeness (QED) is 0.0887. The number of likely N-dealkylation sites (tertiary alicyclic amines) is 1. The Morgan fingerprint density at radius 1 is 1.06 bits per heavy atom. The third-order valence-corrected chi connectivity index (χ3v) is 10.3. The molecular formula is C36H47ClF3N7O4S. The van der Waals surface area contributed by atoms with Crippen molar-refractivity contribution in [1.29, 1.82) is 0 Å². The number of rotatable bonds is 15. The SMILES string of the molecule is CC(C)(C)OC(=O)N1CC(CCCCCNc2cccc(SNC(=O)c3ccc(-n4ccc(OCCC5(C(F)(F)F)CC5)n4)nc3Cl)n2)CC1(C)C. The molecule has 1 unspecified atom stereocenters. The normalized spacial score (nSPS) is 17.9. The van der Waals surface area contributed by atoms with E-state index in [0.29, 0.717) is 22.6 Å². The molecule has 2 aliphatic rings. The molecule has 0 bridgehead atoms. The van der Waals surface area contributed by atoms with Crippen molar-refractivity contribution >= 4 is 41.4 Å². The number of hydrogen-bond acceptors (Lipinski definition) is 9. The van der Waals surface area contributed by atoms with E-state index in [9.17, 15) is 22.8 Å². The number of aromatic nitrogens is 4. The third kappa shape index (κ3) is 10.5. The summed E-state index contributed by atoms with van der Waals surface area (Å²) in [4.78, 5) is 36.3. The summed E-state index contributed by atoms with van der Waals surface area (Å²) in [5, 5.41) is 8.10. The van der Waals surface area contributed by atoms with E-state index in [-0.39, 0.29) is 54.1 Å². The number of halogens is 4. The molecule has 0 aromatic carbocycles. The molecule has 2 N–H and O–H groups in total. The van der Waals surface area contributed by atoms with Crippen LogP contribution < -0.4 is 14.8 Å². The molecule has 5 rings (SSSR count). The Bertz CT molecular complexity index is 1710. The van der Waals surface area contributed by atoms with Crippen molar-refractivity contribution in [3.05, 3.63) is 53.3 Å². The van der Waals surface area contributed by atoms with E-state index in [0.717, 1.165) is 57.1 Å². The van der Waals surface area contributed by atoms with Crippen molar-refractivity contribution < 1.29 is 32.2 Å². The van der Waals surface area contributed by atoms with Gasteiger partial charge in [-0.05, 0) is 103 Å².